The van der Waals surface area contributed by atoms with Crippen LogP contribution in [0.4, 0.5) is 0 Å². The summed E-state index contributed by atoms with van der Waals surface area (Å²) >= 11 is 0. The summed E-state index contributed by atoms with van der Waals surface area (Å²) in [6, 6.07) is 6.84. The average molecular weight is 391 g/mol. The van der Waals surface area contributed by atoms with Crippen LogP contribution in [-0.4, -0.2) is 75.3 Å². The fraction of sp³-hybridized carbons (Fsp3) is 0.682. The van der Waals surface area contributed by atoms with Gasteiger partial charge in [-0.2, -0.15) is 0 Å². The van der Waals surface area contributed by atoms with Gasteiger partial charge in [-0.25, -0.2) is 0 Å². The van der Waals surface area contributed by atoms with E-state index in [1.165, 1.54) is 12.0 Å². The fourth-order valence-corrected chi connectivity index (χ4v) is 3.94. The van der Waals surface area contributed by atoms with Crippen LogP contribution in [0.15, 0.2) is 23.2 Å². The number of hydrogen-bond acceptors (Lipinski definition) is 4. The Morgan fingerprint density at radius 3 is 2.68 bits per heavy atom. The third-order valence-electron chi connectivity index (χ3n) is 5.46. The van der Waals surface area contributed by atoms with Crippen molar-refractivity contribution in [3.63, 3.8) is 0 Å². The van der Waals surface area contributed by atoms with Crippen LogP contribution in [0.5, 0.6) is 11.5 Å². The van der Waals surface area contributed by atoms with Crippen LogP contribution in [0, 0.1) is 0 Å². The molecule has 0 aliphatic carbocycles. The highest BCUT2D eigenvalue weighted by molar-refractivity contribution is 5.80. The lowest BCUT2D eigenvalue weighted by atomic mass is 10.1. The lowest BCUT2D eigenvalue weighted by molar-refractivity contribution is 0.223. The van der Waals surface area contributed by atoms with Gasteiger partial charge in [0.1, 0.15) is 0 Å². The molecule has 158 valence electrons. The van der Waals surface area contributed by atoms with Gasteiger partial charge in [-0.1, -0.05) is 19.9 Å². The van der Waals surface area contributed by atoms with Crippen molar-refractivity contribution >= 4 is 5.96 Å². The molecule has 0 radical (unpaired) electrons. The molecule has 1 atom stereocenters. The smallest absolute Gasteiger partial charge is 0.193 e. The van der Waals surface area contributed by atoms with E-state index in [4.69, 9.17) is 9.47 Å². The van der Waals surface area contributed by atoms with E-state index >= 15 is 0 Å². The normalized spacial score (nSPS) is 17.3. The zero-order valence-corrected chi connectivity index (χ0v) is 18.3. The molecule has 6 heteroatoms. The molecule has 0 amide bonds. The van der Waals surface area contributed by atoms with E-state index in [2.05, 4.69) is 46.1 Å². The van der Waals surface area contributed by atoms with E-state index in [0.29, 0.717) is 12.6 Å². The van der Waals surface area contributed by atoms with Crippen LogP contribution in [-0.2, 0) is 6.42 Å². The Morgan fingerprint density at radius 2 is 2.04 bits per heavy atom. The van der Waals surface area contributed by atoms with Crippen molar-refractivity contribution < 1.29 is 9.47 Å². The molecule has 0 bridgehead atoms. The number of aryl methyl sites for hydroxylation is 1. The van der Waals surface area contributed by atoms with E-state index < -0.39 is 0 Å². The first-order valence-corrected chi connectivity index (χ1v) is 10.7. The first-order chi connectivity index (χ1) is 13.7. The molecule has 1 saturated heterocycles. The minimum Gasteiger partial charge on any atom is -0.493 e. The van der Waals surface area contributed by atoms with Crippen molar-refractivity contribution in [3.05, 3.63) is 23.8 Å². The van der Waals surface area contributed by atoms with E-state index in [-0.39, 0.29) is 0 Å². The summed E-state index contributed by atoms with van der Waals surface area (Å²) in [5.74, 6) is 2.64. The maximum Gasteiger partial charge on any atom is 0.193 e. The number of hydrogen-bond donors (Lipinski definition) is 1. The number of nitrogens with one attached hydrogen (secondary N) is 1. The topological polar surface area (TPSA) is 49.3 Å². The van der Waals surface area contributed by atoms with E-state index in [9.17, 15) is 0 Å². The number of guanidine groups is 1. The van der Waals surface area contributed by atoms with Gasteiger partial charge in [-0.15, -0.1) is 0 Å². The first-order valence-electron chi connectivity index (χ1n) is 10.7. The zero-order chi connectivity index (χ0) is 20.4. The first kappa shape index (κ1) is 22.3. The number of ether oxygens (including phenoxy) is 2. The van der Waals surface area contributed by atoms with Gasteiger partial charge >= 0.3 is 0 Å². The molecule has 1 aliphatic heterocycles. The van der Waals surface area contributed by atoms with Crippen LogP contribution < -0.4 is 14.8 Å². The van der Waals surface area contributed by atoms with Crippen LogP contribution in [0.1, 0.15) is 39.2 Å². The van der Waals surface area contributed by atoms with Crippen LogP contribution >= 0.6 is 0 Å². The summed E-state index contributed by atoms with van der Waals surface area (Å²) in [6.45, 7) is 12.4. The number of likely N-dealkylation sites (tertiary alicyclic amines) is 1. The molecule has 1 heterocycles. The molecule has 28 heavy (non-hydrogen) atoms. The predicted octanol–water partition coefficient (Wildman–Crippen LogP) is 3.02. The van der Waals surface area contributed by atoms with Gasteiger partial charge in [0.15, 0.2) is 17.5 Å². The van der Waals surface area contributed by atoms with Crippen LogP contribution in [0.2, 0.25) is 0 Å². The standard InChI is InChI=1S/C22H38N4O2/c1-6-25(7-2)19-13-15-26(17-19)22(23-4)24-14-9-10-18-11-12-20(27-5)21(16-18)28-8-3/h11-12,16,19H,6-10,13-15,17H2,1-5H3,(H,23,24). The van der Waals surface area contributed by atoms with Crippen molar-refractivity contribution in [1.29, 1.82) is 0 Å². The van der Waals surface area contributed by atoms with Gasteiger partial charge in [0.25, 0.3) is 0 Å². The van der Waals surface area contributed by atoms with Gasteiger partial charge in [0, 0.05) is 32.7 Å². The van der Waals surface area contributed by atoms with Gasteiger partial charge in [0.2, 0.25) is 0 Å². The van der Waals surface area contributed by atoms with E-state index in [1.807, 2.05) is 20.0 Å². The number of methoxy groups -OCH3 is 1. The van der Waals surface area contributed by atoms with Gasteiger partial charge in [0.05, 0.1) is 13.7 Å². The molecule has 6 nitrogen and oxygen atoms in total. The molecule has 0 aromatic heterocycles. The van der Waals surface area contributed by atoms with Gasteiger partial charge in [-0.05, 0) is 57.0 Å². The predicted molar refractivity (Wildman–Crippen MR) is 117 cm³/mol. The highest BCUT2D eigenvalue weighted by atomic mass is 16.5. The summed E-state index contributed by atoms with van der Waals surface area (Å²) < 4.78 is 11.0. The minimum atomic E-state index is 0.641. The Morgan fingerprint density at radius 1 is 1.25 bits per heavy atom. The molecule has 0 spiro atoms. The van der Waals surface area contributed by atoms with E-state index in [0.717, 1.165) is 63.0 Å². The highest BCUT2D eigenvalue weighted by Crippen LogP contribution is 2.28. The Kier molecular flexibility index (Phi) is 9.41. The second kappa shape index (κ2) is 11.8. The molecule has 1 aliphatic rings. The molecule has 1 N–H and O–H groups in total. The molecule has 2 rings (SSSR count). The summed E-state index contributed by atoms with van der Waals surface area (Å²) in [7, 11) is 3.56. The van der Waals surface area contributed by atoms with Crippen molar-refractivity contribution in [2.45, 2.75) is 46.1 Å². The fourth-order valence-electron chi connectivity index (χ4n) is 3.94. The number of rotatable bonds is 10. The van der Waals surface area contributed by atoms with Gasteiger partial charge in [-0.3, -0.25) is 9.89 Å². The second-order valence-corrected chi connectivity index (χ2v) is 7.11. The molecular formula is C22H38N4O2. The minimum absolute atomic E-state index is 0.641. The third-order valence-corrected chi connectivity index (χ3v) is 5.46. The largest absolute Gasteiger partial charge is 0.493 e. The Bertz CT molecular complexity index is 617. The van der Waals surface area contributed by atoms with Gasteiger partial charge < -0.3 is 19.7 Å². The van der Waals surface area contributed by atoms with Crippen LogP contribution in [0.25, 0.3) is 0 Å². The number of likely N-dealkylation sites (N-methyl/N-ethyl adjacent to an activating group) is 1. The maximum absolute atomic E-state index is 5.68. The summed E-state index contributed by atoms with van der Waals surface area (Å²) in [5.41, 5.74) is 1.27. The van der Waals surface area contributed by atoms with Crippen molar-refractivity contribution in [1.82, 2.24) is 15.1 Å². The average Bonchev–Trinajstić information content (AvgIpc) is 3.19. The van der Waals surface area contributed by atoms with Crippen molar-refractivity contribution in [2.75, 3.05) is 53.5 Å². The molecule has 1 aromatic carbocycles. The number of nitrogens with zero attached hydrogens (tertiary/aromatic N) is 3. The highest BCUT2D eigenvalue weighted by Gasteiger charge is 2.27. The zero-order valence-electron chi connectivity index (χ0n) is 18.3. The summed E-state index contributed by atoms with van der Waals surface area (Å²) in [5, 5.41) is 3.54. The molecule has 1 fully saturated rings. The molecular weight excluding hydrogens is 352 g/mol. The summed E-state index contributed by atoms with van der Waals surface area (Å²) in [4.78, 5) is 9.44. The Hall–Kier alpha value is -1.95. The van der Waals surface area contributed by atoms with Crippen molar-refractivity contribution in [3.8, 4) is 11.5 Å². The Labute approximate surface area is 170 Å². The quantitative estimate of drug-likeness (QED) is 0.378. The lowest BCUT2D eigenvalue weighted by Gasteiger charge is -2.27. The second-order valence-electron chi connectivity index (χ2n) is 7.11. The SMILES string of the molecule is CCOc1cc(CCCNC(=NC)N2CCC(N(CC)CC)C2)ccc1OC. The number of benzene rings is 1. The lowest BCUT2D eigenvalue weighted by Crippen LogP contribution is -2.43. The van der Waals surface area contributed by atoms with Crippen LogP contribution in [0.3, 0.4) is 0 Å². The summed E-state index contributed by atoms with van der Waals surface area (Å²) in [6.07, 6.45) is 3.26. The van der Waals surface area contributed by atoms with E-state index in [1.54, 1.807) is 7.11 Å². The molecule has 1 aromatic rings. The number of aliphatic imine (C=N–C) groups is 1. The molecule has 0 saturated carbocycles. The Balaban J connectivity index is 1.80. The molecule has 1 unspecified atom stereocenters. The monoisotopic (exact) mass is 390 g/mol. The maximum atomic E-state index is 5.68. The third kappa shape index (κ3) is 6.03. The van der Waals surface area contributed by atoms with Crippen molar-refractivity contribution in [2.24, 2.45) is 4.99 Å².